The van der Waals surface area contributed by atoms with E-state index in [1.807, 2.05) is 48.5 Å². The largest absolute Gasteiger partial charge is 0.358 e. The maximum Gasteiger partial charge on any atom is 0.270 e. The van der Waals surface area contributed by atoms with Crippen molar-refractivity contribution in [1.82, 2.24) is 9.88 Å². The number of amides is 1. The van der Waals surface area contributed by atoms with Crippen molar-refractivity contribution in [2.45, 2.75) is 17.5 Å². The molecule has 0 unspecified atom stereocenters. The van der Waals surface area contributed by atoms with Gasteiger partial charge in [0.25, 0.3) is 5.69 Å². The number of nitrogens with one attached hydrogen (secondary N) is 1. The average Bonchev–Trinajstić information content (AvgIpc) is 3.49. The third-order valence-electron chi connectivity index (χ3n) is 8.41. The summed E-state index contributed by atoms with van der Waals surface area (Å²) in [5.41, 5.74) is 1.52. The highest BCUT2D eigenvalue weighted by Gasteiger charge is 2.70. The van der Waals surface area contributed by atoms with Gasteiger partial charge < -0.3 is 10.2 Å². The Labute approximate surface area is 234 Å². The molecule has 200 valence electrons. The Bertz CT molecular complexity index is 1800. The van der Waals surface area contributed by atoms with Crippen LogP contribution >= 0.6 is 0 Å². The number of non-ortho nitro benzene ring substituents is 1. The van der Waals surface area contributed by atoms with Crippen LogP contribution in [0.1, 0.15) is 43.4 Å². The third kappa shape index (κ3) is 3.42. The number of ketones is 2. The van der Waals surface area contributed by atoms with Crippen LogP contribution in [0.15, 0.2) is 104 Å². The quantitative estimate of drug-likeness (QED) is 0.215. The molecule has 41 heavy (non-hydrogen) atoms. The predicted molar refractivity (Wildman–Crippen MR) is 150 cm³/mol. The standard InChI is InChI=1S/C32H22N4O5/c37-28(21-9-6-15-33-18-21)26-27(29(38)20-8-5-10-22(17-20)36(40)41)35-16-14-19-7-1-2-11-23(19)30(35)32(26)24-12-3-4-13-25(24)34-31(32)39/h1-18,26-27,30H,(H,34,39)/t26-,27+,30-,32-/m1/s1. The summed E-state index contributed by atoms with van der Waals surface area (Å²) in [5.74, 6) is -2.45. The summed E-state index contributed by atoms with van der Waals surface area (Å²) >= 11 is 0. The molecule has 3 aliphatic heterocycles. The van der Waals surface area contributed by atoms with E-state index in [1.165, 1.54) is 30.5 Å². The molecule has 1 spiro atoms. The van der Waals surface area contributed by atoms with Crippen LogP contribution in [0.2, 0.25) is 0 Å². The van der Waals surface area contributed by atoms with Gasteiger partial charge in [-0.3, -0.25) is 29.5 Å². The van der Waals surface area contributed by atoms with E-state index >= 15 is 0 Å². The van der Waals surface area contributed by atoms with Crippen LogP contribution in [0.25, 0.3) is 6.08 Å². The summed E-state index contributed by atoms with van der Waals surface area (Å²) in [6.45, 7) is 0. The van der Waals surface area contributed by atoms with Crippen molar-refractivity contribution in [2.75, 3.05) is 5.32 Å². The maximum atomic E-state index is 14.6. The molecule has 4 heterocycles. The Balaban J connectivity index is 1.53. The molecule has 1 N–H and O–H groups in total. The maximum absolute atomic E-state index is 14.6. The van der Waals surface area contributed by atoms with Crippen LogP contribution in [0.5, 0.6) is 0 Å². The molecule has 1 fully saturated rings. The number of hydrogen-bond donors (Lipinski definition) is 1. The molecule has 4 aromatic rings. The minimum Gasteiger partial charge on any atom is -0.358 e. The summed E-state index contributed by atoms with van der Waals surface area (Å²) < 4.78 is 0. The van der Waals surface area contributed by atoms with Crippen molar-refractivity contribution in [3.8, 4) is 0 Å². The molecule has 0 aliphatic carbocycles. The predicted octanol–water partition coefficient (Wildman–Crippen LogP) is 4.97. The highest BCUT2D eigenvalue weighted by atomic mass is 16.6. The topological polar surface area (TPSA) is 123 Å². The number of fused-ring (bicyclic) bond motifs is 6. The second kappa shape index (κ2) is 9.06. The van der Waals surface area contributed by atoms with Crippen molar-refractivity contribution in [2.24, 2.45) is 5.92 Å². The zero-order valence-corrected chi connectivity index (χ0v) is 21.5. The number of para-hydroxylation sites is 1. The molecule has 1 aromatic heterocycles. The number of anilines is 1. The van der Waals surface area contributed by atoms with Gasteiger partial charge in [-0.1, -0.05) is 54.6 Å². The van der Waals surface area contributed by atoms with Crippen LogP contribution in [0.4, 0.5) is 11.4 Å². The van der Waals surface area contributed by atoms with Gasteiger partial charge in [0.2, 0.25) is 5.91 Å². The molecule has 9 nitrogen and oxygen atoms in total. The van der Waals surface area contributed by atoms with E-state index in [0.717, 1.165) is 11.1 Å². The van der Waals surface area contributed by atoms with Crippen molar-refractivity contribution < 1.29 is 19.3 Å². The van der Waals surface area contributed by atoms with Gasteiger partial charge in [-0.05, 0) is 41.0 Å². The summed E-state index contributed by atoms with van der Waals surface area (Å²) in [6, 6.07) is 21.8. The first kappa shape index (κ1) is 24.6. The lowest BCUT2D eigenvalue weighted by molar-refractivity contribution is -0.384. The number of nitro groups is 1. The zero-order chi connectivity index (χ0) is 28.3. The lowest BCUT2D eigenvalue weighted by Crippen LogP contribution is -2.49. The molecule has 0 radical (unpaired) electrons. The lowest BCUT2D eigenvalue weighted by atomic mass is 9.62. The highest BCUT2D eigenvalue weighted by molar-refractivity contribution is 6.16. The molecule has 3 aromatic carbocycles. The van der Waals surface area contributed by atoms with Crippen LogP contribution in [-0.2, 0) is 10.2 Å². The Morgan fingerprint density at radius 1 is 0.927 bits per heavy atom. The van der Waals surface area contributed by atoms with E-state index in [-0.39, 0.29) is 22.7 Å². The smallest absolute Gasteiger partial charge is 0.270 e. The summed E-state index contributed by atoms with van der Waals surface area (Å²) in [5, 5.41) is 14.6. The molecular formula is C32H22N4O5. The monoisotopic (exact) mass is 542 g/mol. The summed E-state index contributed by atoms with van der Waals surface area (Å²) in [7, 11) is 0. The van der Waals surface area contributed by atoms with Crippen LogP contribution in [0.3, 0.4) is 0 Å². The molecule has 4 atom stereocenters. The van der Waals surface area contributed by atoms with Crippen LogP contribution in [0, 0.1) is 16.0 Å². The molecular weight excluding hydrogens is 520 g/mol. The number of hydrogen-bond acceptors (Lipinski definition) is 7. The molecule has 0 saturated carbocycles. The van der Waals surface area contributed by atoms with Crippen LogP contribution < -0.4 is 5.32 Å². The average molecular weight is 543 g/mol. The SMILES string of the molecule is O=C(c1cccc([N+](=O)[O-])c1)[C@@H]1[C@H](C(=O)c2cccnc2)[C@@]2(C(=O)Nc3ccccc32)[C@H]2c3ccccc3C=CN12. The van der Waals surface area contributed by atoms with Gasteiger partial charge in [0.05, 0.1) is 16.9 Å². The number of Topliss-reactive ketones (excluding diaryl/α,β-unsaturated/α-hetero) is 2. The molecule has 0 bridgehead atoms. The Morgan fingerprint density at radius 3 is 2.51 bits per heavy atom. The normalized spacial score (nSPS) is 23.5. The van der Waals surface area contributed by atoms with Crippen molar-refractivity contribution in [3.63, 3.8) is 0 Å². The third-order valence-corrected chi connectivity index (χ3v) is 8.41. The van der Waals surface area contributed by atoms with E-state index in [1.54, 1.807) is 35.5 Å². The number of pyridine rings is 1. The van der Waals surface area contributed by atoms with E-state index in [4.69, 9.17) is 0 Å². The number of aromatic nitrogens is 1. The Hall–Kier alpha value is -5.44. The minimum atomic E-state index is -1.48. The number of carbonyl (C=O) groups excluding carboxylic acids is 3. The highest BCUT2D eigenvalue weighted by Crippen LogP contribution is 2.62. The number of rotatable bonds is 5. The van der Waals surface area contributed by atoms with E-state index in [0.29, 0.717) is 11.3 Å². The molecule has 3 aliphatic rings. The first-order chi connectivity index (χ1) is 19.9. The molecule has 1 amide bonds. The first-order valence-corrected chi connectivity index (χ1v) is 13.1. The van der Waals surface area contributed by atoms with Gasteiger partial charge in [0.15, 0.2) is 11.6 Å². The minimum absolute atomic E-state index is 0.0861. The van der Waals surface area contributed by atoms with Gasteiger partial charge in [0, 0.05) is 47.5 Å². The lowest BCUT2D eigenvalue weighted by Gasteiger charge is -2.38. The second-order valence-corrected chi connectivity index (χ2v) is 10.4. The number of nitro benzene ring substituents is 1. The van der Waals surface area contributed by atoms with E-state index < -0.39 is 39.9 Å². The van der Waals surface area contributed by atoms with E-state index in [9.17, 15) is 24.5 Å². The van der Waals surface area contributed by atoms with Crippen LogP contribution in [-0.4, -0.2) is 38.3 Å². The van der Waals surface area contributed by atoms with Crippen molar-refractivity contribution in [1.29, 1.82) is 0 Å². The Kier molecular flexibility index (Phi) is 5.43. The number of carbonyl (C=O) groups is 3. The second-order valence-electron chi connectivity index (χ2n) is 10.4. The number of nitrogens with zero attached hydrogens (tertiary/aromatic N) is 3. The first-order valence-electron chi connectivity index (χ1n) is 13.1. The van der Waals surface area contributed by atoms with Crippen molar-refractivity contribution >= 4 is 34.9 Å². The van der Waals surface area contributed by atoms with Gasteiger partial charge in [-0.15, -0.1) is 0 Å². The summed E-state index contributed by atoms with van der Waals surface area (Å²) in [4.78, 5) is 60.4. The fourth-order valence-electron chi connectivity index (χ4n) is 6.80. The van der Waals surface area contributed by atoms with Gasteiger partial charge in [-0.25, -0.2) is 0 Å². The van der Waals surface area contributed by atoms with Gasteiger partial charge in [0.1, 0.15) is 11.5 Å². The number of benzene rings is 3. The van der Waals surface area contributed by atoms with Gasteiger partial charge >= 0.3 is 0 Å². The fraction of sp³-hybridized carbons (Fsp3) is 0.125. The molecule has 9 heteroatoms. The molecule has 1 saturated heterocycles. The molecule has 7 rings (SSSR count). The Morgan fingerprint density at radius 2 is 1.71 bits per heavy atom. The fourth-order valence-corrected chi connectivity index (χ4v) is 6.80. The zero-order valence-electron chi connectivity index (χ0n) is 21.5. The summed E-state index contributed by atoms with van der Waals surface area (Å²) in [6.07, 6.45) is 6.61. The van der Waals surface area contributed by atoms with E-state index in [2.05, 4.69) is 10.3 Å². The van der Waals surface area contributed by atoms with Gasteiger partial charge in [-0.2, -0.15) is 0 Å². The van der Waals surface area contributed by atoms with Crippen molar-refractivity contribution in [3.05, 3.63) is 141 Å².